The van der Waals surface area contributed by atoms with E-state index in [4.69, 9.17) is 10.5 Å². The highest BCUT2D eigenvalue weighted by Gasteiger charge is 2.30. The quantitative estimate of drug-likeness (QED) is 0.931. The zero-order valence-corrected chi connectivity index (χ0v) is 13.9. The summed E-state index contributed by atoms with van der Waals surface area (Å²) in [7, 11) is 0. The van der Waals surface area contributed by atoms with Crippen molar-refractivity contribution in [2.45, 2.75) is 38.8 Å². The number of nitrogen functional groups attached to an aromatic ring is 1. The molecular formula is C19H23N3O2. The van der Waals surface area contributed by atoms with Gasteiger partial charge in [0.25, 0.3) is 0 Å². The molecule has 1 atom stereocenters. The van der Waals surface area contributed by atoms with Gasteiger partial charge in [0.05, 0.1) is 6.04 Å². The van der Waals surface area contributed by atoms with Crippen LogP contribution in [-0.2, 0) is 11.3 Å². The maximum atomic E-state index is 12.6. The number of nitrogens with zero attached hydrogens (tertiary/aromatic N) is 2. The first-order valence-corrected chi connectivity index (χ1v) is 8.34. The fourth-order valence-electron chi connectivity index (χ4n) is 3.21. The van der Waals surface area contributed by atoms with Crippen molar-refractivity contribution in [3.8, 4) is 0 Å². The molecular weight excluding hydrogens is 302 g/mol. The lowest BCUT2D eigenvalue weighted by Gasteiger charge is -2.35. The molecule has 1 saturated heterocycles. The number of rotatable bonds is 3. The fraction of sp³-hybridized carbons (Fsp3) is 0.368. The van der Waals surface area contributed by atoms with E-state index in [2.05, 4.69) is 4.98 Å². The topological polar surface area (TPSA) is 68.5 Å². The van der Waals surface area contributed by atoms with E-state index >= 15 is 0 Å². The second-order valence-electron chi connectivity index (χ2n) is 6.21. The van der Waals surface area contributed by atoms with Gasteiger partial charge in [0, 0.05) is 12.7 Å². The first kappa shape index (κ1) is 16.3. The van der Waals surface area contributed by atoms with Crippen LogP contribution in [0.15, 0.2) is 42.6 Å². The van der Waals surface area contributed by atoms with E-state index in [1.54, 1.807) is 6.20 Å². The molecule has 0 aliphatic carbocycles. The summed E-state index contributed by atoms with van der Waals surface area (Å²) in [5, 5.41) is 0. The number of aromatic nitrogens is 1. The van der Waals surface area contributed by atoms with Crippen molar-refractivity contribution in [3.05, 3.63) is 59.3 Å². The van der Waals surface area contributed by atoms with Crippen molar-refractivity contribution in [3.63, 3.8) is 0 Å². The van der Waals surface area contributed by atoms with Gasteiger partial charge in [-0.25, -0.2) is 9.78 Å². The molecule has 0 saturated carbocycles. The van der Waals surface area contributed by atoms with Crippen LogP contribution in [0.4, 0.5) is 10.6 Å². The van der Waals surface area contributed by atoms with Gasteiger partial charge in [0.1, 0.15) is 12.4 Å². The molecule has 5 heteroatoms. The molecule has 3 rings (SSSR count). The second kappa shape index (κ2) is 7.34. The third-order valence-corrected chi connectivity index (χ3v) is 4.47. The number of carbonyl (C=O) groups is 1. The Morgan fingerprint density at radius 2 is 2.12 bits per heavy atom. The van der Waals surface area contributed by atoms with Crippen molar-refractivity contribution in [1.29, 1.82) is 0 Å². The summed E-state index contributed by atoms with van der Waals surface area (Å²) < 4.78 is 5.52. The van der Waals surface area contributed by atoms with Crippen molar-refractivity contribution in [2.75, 3.05) is 12.3 Å². The van der Waals surface area contributed by atoms with Crippen molar-refractivity contribution in [1.82, 2.24) is 9.88 Å². The number of piperidine rings is 1. The summed E-state index contributed by atoms with van der Waals surface area (Å²) in [6.45, 7) is 3.01. The number of anilines is 1. The van der Waals surface area contributed by atoms with E-state index in [-0.39, 0.29) is 12.1 Å². The summed E-state index contributed by atoms with van der Waals surface area (Å²) in [5.74, 6) is 0.505. The molecule has 1 aromatic heterocycles. The minimum Gasteiger partial charge on any atom is -0.445 e. The second-order valence-corrected chi connectivity index (χ2v) is 6.21. The van der Waals surface area contributed by atoms with Gasteiger partial charge in [0.15, 0.2) is 0 Å². The van der Waals surface area contributed by atoms with Crippen LogP contribution in [0.1, 0.15) is 42.0 Å². The van der Waals surface area contributed by atoms with Crippen LogP contribution >= 0.6 is 0 Å². The van der Waals surface area contributed by atoms with Crippen LogP contribution in [0.2, 0.25) is 0 Å². The van der Waals surface area contributed by atoms with Crippen LogP contribution in [0.25, 0.3) is 0 Å². The lowest BCUT2D eigenvalue weighted by Crippen LogP contribution is -2.39. The Bertz CT molecular complexity index is 703. The van der Waals surface area contributed by atoms with Gasteiger partial charge in [-0.15, -0.1) is 0 Å². The molecule has 0 bridgehead atoms. The number of aryl methyl sites for hydroxylation is 1. The molecule has 1 amide bonds. The van der Waals surface area contributed by atoms with Crippen molar-refractivity contribution >= 4 is 11.9 Å². The fourth-order valence-corrected chi connectivity index (χ4v) is 3.21. The predicted octanol–water partition coefficient (Wildman–Crippen LogP) is 3.84. The standard InChI is InChI=1S/C19H23N3O2/c1-14-11-18(20)21-12-16(14)17-9-5-6-10-22(17)19(23)24-13-15-7-3-2-4-8-15/h2-4,7-8,11-12,17H,5-6,9-10,13H2,1H3,(H2,20,21). The highest BCUT2D eigenvalue weighted by Crippen LogP contribution is 2.33. The molecule has 126 valence electrons. The average molecular weight is 325 g/mol. The minimum absolute atomic E-state index is 0.00937. The van der Waals surface area contributed by atoms with Crippen molar-refractivity contribution in [2.24, 2.45) is 0 Å². The number of carbonyl (C=O) groups excluding carboxylic acids is 1. The van der Waals surface area contributed by atoms with Crippen LogP contribution in [0.5, 0.6) is 0 Å². The number of hydrogen-bond donors (Lipinski definition) is 1. The summed E-state index contributed by atoms with van der Waals surface area (Å²) >= 11 is 0. The molecule has 2 N–H and O–H groups in total. The van der Waals surface area contributed by atoms with Gasteiger partial charge in [0.2, 0.25) is 0 Å². The largest absolute Gasteiger partial charge is 0.445 e. The smallest absolute Gasteiger partial charge is 0.410 e. The Hall–Kier alpha value is -2.56. The van der Waals surface area contributed by atoms with Gasteiger partial charge in [-0.2, -0.15) is 0 Å². The lowest BCUT2D eigenvalue weighted by atomic mass is 9.94. The Kier molecular flexibility index (Phi) is 4.99. The van der Waals surface area contributed by atoms with E-state index in [0.29, 0.717) is 19.0 Å². The molecule has 2 aromatic rings. The lowest BCUT2D eigenvalue weighted by molar-refractivity contribution is 0.0677. The average Bonchev–Trinajstić information content (AvgIpc) is 2.61. The van der Waals surface area contributed by atoms with E-state index in [0.717, 1.165) is 36.0 Å². The Morgan fingerprint density at radius 3 is 2.88 bits per heavy atom. The zero-order valence-electron chi connectivity index (χ0n) is 13.9. The zero-order chi connectivity index (χ0) is 16.9. The first-order chi connectivity index (χ1) is 11.6. The third kappa shape index (κ3) is 3.67. The summed E-state index contributed by atoms with van der Waals surface area (Å²) in [6.07, 6.45) is 4.54. The van der Waals surface area contributed by atoms with E-state index in [1.807, 2.05) is 48.2 Å². The number of benzene rings is 1. The highest BCUT2D eigenvalue weighted by molar-refractivity contribution is 5.68. The molecule has 1 aromatic carbocycles. The van der Waals surface area contributed by atoms with Gasteiger partial charge < -0.3 is 15.4 Å². The highest BCUT2D eigenvalue weighted by atomic mass is 16.6. The summed E-state index contributed by atoms with van der Waals surface area (Å²) in [4.78, 5) is 18.6. The molecule has 24 heavy (non-hydrogen) atoms. The molecule has 1 aliphatic heterocycles. The third-order valence-electron chi connectivity index (χ3n) is 4.47. The number of nitrogens with two attached hydrogens (primary N) is 1. The molecule has 0 radical (unpaired) electrons. The maximum absolute atomic E-state index is 12.6. The number of likely N-dealkylation sites (tertiary alicyclic amines) is 1. The molecule has 1 aliphatic rings. The summed E-state index contributed by atoms with van der Waals surface area (Å²) in [6, 6.07) is 11.6. The molecule has 5 nitrogen and oxygen atoms in total. The number of pyridine rings is 1. The Labute approximate surface area is 142 Å². The van der Waals surface area contributed by atoms with Crippen molar-refractivity contribution < 1.29 is 9.53 Å². The van der Waals surface area contributed by atoms with Gasteiger partial charge in [-0.05, 0) is 48.9 Å². The van der Waals surface area contributed by atoms with Crippen LogP contribution in [-0.4, -0.2) is 22.5 Å². The van der Waals surface area contributed by atoms with Crippen LogP contribution in [0.3, 0.4) is 0 Å². The normalized spacial score (nSPS) is 17.5. The van der Waals surface area contributed by atoms with Crippen LogP contribution in [0, 0.1) is 6.92 Å². The van der Waals surface area contributed by atoms with Gasteiger partial charge in [-0.3, -0.25) is 0 Å². The molecule has 1 unspecified atom stereocenters. The summed E-state index contributed by atoms with van der Waals surface area (Å²) in [5.41, 5.74) is 8.86. The van der Waals surface area contributed by atoms with Gasteiger partial charge in [-0.1, -0.05) is 30.3 Å². The molecule has 2 heterocycles. The Morgan fingerprint density at radius 1 is 1.33 bits per heavy atom. The molecule has 1 fully saturated rings. The SMILES string of the molecule is Cc1cc(N)ncc1C1CCCCN1C(=O)OCc1ccccc1. The predicted molar refractivity (Wildman–Crippen MR) is 93.3 cm³/mol. The monoisotopic (exact) mass is 325 g/mol. The van der Waals surface area contributed by atoms with E-state index in [9.17, 15) is 4.79 Å². The minimum atomic E-state index is -0.264. The number of amides is 1. The number of ether oxygens (including phenoxy) is 1. The van der Waals surface area contributed by atoms with E-state index in [1.165, 1.54) is 0 Å². The maximum Gasteiger partial charge on any atom is 0.410 e. The Balaban J connectivity index is 1.73. The first-order valence-electron chi connectivity index (χ1n) is 8.34. The molecule has 0 spiro atoms. The van der Waals surface area contributed by atoms with E-state index < -0.39 is 0 Å². The van der Waals surface area contributed by atoms with Crippen LogP contribution < -0.4 is 5.73 Å². The van der Waals surface area contributed by atoms with Gasteiger partial charge >= 0.3 is 6.09 Å². The number of hydrogen-bond acceptors (Lipinski definition) is 4.